The normalized spacial score (nSPS) is 18.9. The van der Waals surface area contributed by atoms with Crippen LogP contribution in [0.2, 0.25) is 0 Å². The lowest BCUT2D eigenvalue weighted by Gasteiger charge is -2.64. The van der Waals surface area contributed by atoms with Gasteiger partial charge in [0, 0.05) is 39.9 Å². The summed E-state index contributed by atoms with van der Waals surface area (Å²) in [5, 5.41) is 17.5. The van der Waals surface area contributed by atoms with Crippen LogP contribution in [0.3, 0.4) is 0 Å². The summed E-state index contributed by atoms with van der Waals surface area (Å²) >= 11 is 0. The van der Waals surface area contributed by atoms with Gasteiger partial charge >= 0.3 is 0 Å². The number of hydrogen-bond acceptors (Lipinski definition) is 4. The van der Waals surface area contributed by atoms with Crippen LogP contribution in [0.5, 0.6) is 0 Å². The summed E-state index contributed by atoms with van der Waals surface area (Å²) in [5.41, 5.74) is 12.3. The molecule has 5 nitrogen and oxygen atoms in total. The maximum absolute atomic E-state index is 9.98. The fourth-order valence-corrected chi connectivity index (χ4v) is 20.3. The van der Waals surface area contributed by atoms with Crippen molar-refractivity contribution in [2.24, 2.45) is 23.7 Å². The van der Waals surface area contributed by atoms with Gasteiger partial charge in [-0.25, -0.2) is 9.97 Å². The number of para-hydroxylation sites is 4. The molecule has 5 aliphatic rings. The van der Waals surface area contributed by atoms with E-state index in [-0.39, 0.29) is 5.41 Å². The number of nitrogens with zero attached hydrogens (tertiary/aromatic N) is 5. The Morgan fingerprint density at radius 2 is 1.01 bits per heavy atom. The molecule has 6 heteroatoms. The number of rotatable bonds is 9. The number of nitriles is 1. The lowest BCUT2D eigenvalue weighted by Crippen LogP contribution is -2.74. The molecule has 0 amide bonds. The van der Waals surface area contributed by atoms with E-state index in [1.54, 1.807) is 0 Å². The molecule has 364 valence electrons. The molecule has 1 aliphatic heterocycles. The summed E-state index contributed by atoms with van der Waals surface area (Å²) in [6.45, 7) is 0. The van der Waals surface area contributed by atoms with Crippen molar-refractivity contribution in [3.63, 3.8) is 0 Å². The Morgan fingerprint density at radius 3 is 1.64 bits per heavy atom. The summed E-state index contributed by atoms with van der Waals surface area (Å²) in [4.78, 5) is 13.9. The van der Waals surface area contributed by atoms with Crippen LogP contribution in [0.15, 0.2) is 237 Å². The topological polar surface area (TPSA) is 57.7 Å². The fourth-order valence-electron chi connectivity index (χ4n) is 15.5. The smallest absolute Gasteiger partial charge is 0.179 e. The van der Waals surface area contributed by atoms with Crippen molar-refractivity contribution in [2.75, 3.05) is 4.90 Å². The minimum atomic E-state index is -2.88. The molecule has 3 heterocycles. The molecule has 4 aliphatic carbocycles. The van der Waals surface area contributed by atoms with Gasteiger partial charge in [0.25, 0.3) is 0 Å². The highest BCUT2D eigenvalue weighted by molar-refractivity contribution is 7.19. The van der Waals surface area contributed by atoms with Crippen LogP contribution in [-0.2, 0) is 11.8 Å². The van der Waals surface area contributed by atoms with Gasteiger partial charge in [0.2, 0.25) is 0 Å². The van der Waals surface area contributed by atoms with E-state index in [1.165, 1.54) is 75.4 Å². The van der Waals surface area contributed by atoms with E-state index in [9.17, 15) is 5.26 Å². The van der Waals surface area contributed by atoms with Crippen LogP contribution in [0, 0.1) is 35.0 Å². The molecule has 2 aromatic heterocycles. The third kappa shape index (κ3) is 6.75. The Morgan fingerprint density at radius 1 is 0.474 bits per heavy atom. The summed E-state index contributed by atoms with van der Waals surface area (Å²) in [6, 6.07) is 89.5. The van der Waals surface area contributed by atoms with E-state index >= 15 is 0 Å². The van der Waals surface area contributed by atoms with Crippen LogP contribution >= 0.6 is 0 Å². The number of fused-ring (bicyclic) bond motifs is 5. The van der Waals surface area contributed by atoms with Gasteiger partial charge in [-0.15, -0.1) is 0 Å². The quantitative estimate of drug-likeness (QED) is 0.107. The molecule has 0 saturated heterocycles. The highest BCUT2D eigenvalue weighted by atomic mass is 28.3. The van der Waals surface area contributed by atoms with Crippen LogP contribution < -0.4 is 25.6 Å². The monoisotopic (exact) mass is 993 g/mol. The number of benzene rings is 9. The Kier molecular flexibility index (Phi) is 10.5. The molecule has 11 aromatic rings. The first-order valence-electron chi connectivity index (χ1n) is 27.3. The second-order valence-electron chi connectivity index (χ2n) is 22.0. The summed E-state index contributed by atoms with van der Waals surface area (Å²) in [7, 11) is -2.88. The van der Waals surface area contributed by atoms with Crippen LogP contribution in [-0.4, -0.2) is 22.6 Å². The van der Waals surface area contributed by atoms with Gasteiger partial charge in [0.15, 0.2) is 8.07 Å². The molecule has 4 saturated carbocycles. The third-order valence-electron chi connectivity index (χ3n) is 18.2. The van der Waals surface area contributed by atoms with E-state index < -0.39 is 8.07 Å². The standard InChI is InChI=1S/C70H55N5Si/c71-46-47-35-36-65-59(42-47)58-28-11-15-32-64(58)74(65)63-31-14-10-19-51(63)44-68-72-62(50-20-18-27-57(43-50)76(54-21-4-1-5-22-54,55-23-6-2-7-24-55)56-25-8-3-9-26-56)45-69(73-68)75-66-33-16-12-29-60(66)70(61-30-13-17-34-67(61)75)52-38-48-37-49(40-52)41-53(70)39-48/h1-36,42-43,45,48-49,52-53H,37-41,44H2. The lowest BCUT2D eigenvalue weighted by atomic mass is 9.41. The third-order valence-corrected chi connectivity index (χ3v) is 23.0. The van der Waals surface area contributed by atoms with E-state index in [0.717, 1.165) is 67.8 Å². The van der Waals surface area contributed by atoms with Crippen molar-refractivity contribution in [3.8, 4) is 23.0 Å². The SMILES string of the molecule is N#Cc1ccc2c(c1)c1ccccc1n2-c1ccccc1Cc1nc(-c2cccc([Si](c3ccccc3)(c3ccccc3)c3ccccc3)c2)cc(N2c3ccccc3C3(c4ccccc42)C2CC4CC(C2)CC3C4)n1. The van der Waals surface area contributed by atoms with E-state index in [2.05, 4.69) is 240 Å². The van der Waals surface area contributed by atoms with Crippen molar-refractivity contribution < 1.29 is 0 Å². The van der Waals surface area contributed by atoms with E-state index in [0.29, 0.717) is 23.8 Å². The first-order valence-corrected chi connectivity index (χ1v) is 29.3. The average molecular weight is 994 g/mol. The molecule has 4 fully saturated rings. The van der Waals surface area contributed by atoms with Gasteiger partial charge in [-0.3, -0.25) is 4.90 Å². The summed E-state index contributed by atoms with van der Waals surface area (Å²) < 4.78 is 2.36. The molecular weight excluding hydrogens is 939 g/mol. The zero-order chi connectivity index (χ0) is 50.4. The molecule has 0 atom stereocenters. The first kappa shape index (κ1) is 44.8. The van der Waals surface area contributed by atoms with E-state index in [4.69, 9.17) is 9.97 Å². The largest absolute Gasteiger partial charge is 0.309 e. The van der Waals surface area contributed by atoms with Crippen molar-refractivity contribution in [1.29, 1.82) is 5.26 Å². The Balaban J connectivity index is 0.953. The molecule has 1 spiro atoms. The molecular formula is C70H55N5Si. The lowest BCUT2D eigenvalue weighted by molar-refractivity contribution is -0.0419. The molecule has 4 bridgehead atoms. The molecule has 76 heavy (non-hydrogen) atoms. The molecule has 9 aromatic carbocycles. The molecule has 0 unspecified atom stereocenters. The molecule has 0 radical (unpaired) electrons. The van der Waals surface area contributed by atoms with Gasteiger partial charge in [-0.1, -0.05) is 188 Å². The average Bonchev–Trinajstić information content (AvgIpc) is 3.97. The van der Waals surface area contributed by atoms with Crippen LogP contribution in [0.25, 0.3) is 38.8 Å². The van der Waals surface area contributed by atoms with Gasteiger partial charge in [0.1, 0.15) is 11.6 Å². The summed E-state index contributed by atoms with van der Waals surface area (Å²) in [5.74, 6) is 4.57. The number of anilines is 3. The summed E-state index contributed by atoms with van der Waals surface area (Å²) in [6.07, 6.45) is 7.18. The Labute approximate surface area is 445 Å². The Bertz CT molecular complexity index is 3910. The second-order valence-corrected chi connectivity index (χ2v) is 25.8. The maximum atomic E-state index is 9.98. The molecule has 16 rings (SSSR count). The maximum Gasteiger partial charge on any atom is 0.179 e. The van der Waals surface area contributed by atoms with Gasteiger partial charge in [-0.05, 0) is 136 Å². The predicted molar refractivity (Wildman–Crippen MR) is 312 cm³/mol. The van der Waals surface area contributed by atoms with Gasteiger partial charge < -0.3 is 4.57 Å². The highest BCUT2D eigenvalue weighted by Crippen LogP contribution is 2.69. The zero-order valence-electron chi connectivity index (χ0n) is 42.3. The zero-order valence-corrected chi connectivity index (χ0v) is 43.3. The van der Waals surface area contributed by atoms with Crippen LogP contribution in [0.1, 0.15) is 60.2 Å². The highest BCUT2D eigenvalue weighted by Gasteiger charge is 2.61. The number of aromatic nitrogens is 3. The van der Waals surface area contributed by atoms with Gasteiger partial charge in [0.05, 0.1) is 39.7 Å². The van der Waals surface area contributed by atoms with Crippen molar-refractivity contribution in [3.05, 3.63) is 265 Å². The van der Waals surface area contributed by atoms with E-state index in [1.807, 2.05) is 12.1 Å². The first-order chi connectivity index (χ1) is 37.6. The predicted octanol–water partition coefficient (Wildman–Crippen LogP) is 13.6. The Hall–Kier alpha value is -8.63. The fraction of sp³-hybridized carbons (Fsp3) is 0.157. The van der Waals surface area contributed by atoms with Crippen molar-refractivity contribution >= 4 is 67.8 Å². The second kappa shape index (κ2) is 17.8. The van der Waals surface area contributed by atoms with Crippen molar-refractivity contribution in [1.82, 2.24) is 14.5 Å². The van der Waals surface area contributed by atoms with Crippen LogP contribution in [0.4, 0.5) is 17.2 Å². The minimum Gasteiger partial charge on any atom is -0.309 e. The molecule has 0 N–H and O–H groups in total. The minimum absolute atomic E-state index is 0.0281. The van der Waals surface area contributed by atoms with Crippen molar-refractivity contribution in [2.45, 2.75) is 43.9 Å². The van der Waals surface area contributed by atoms with Gasteiger partial charge in [-0.2, -0.15) is 5.26 Å². The number of hydrogen-bond donors (Lipinski definition) is 0.